The van der Waals surface area contributed by atoms with Crippen molar-refractivity contribution in [3.8, 4) is 11.1 Å². The Balaban J connectivity index is 2.27. The maximum atomic E-state index is 12.8. The number of hydrogen-bond acceptors (Lipinski definition) is 6. The van der Waals surface area contributed by atoms with Crippen LogP contribution in [0, 0.1) is 0 Å². The SMILES string of the molecule is CNC(=O)[C@@](C)(C(=O)NO)N(C)C(=O)c1ccc(-c2coc(COC)c2)cc1. The number of hydroxylamine groups is 1. The van der Waals surface area contributed by atoms with Crippen molar-refractivity contribution in [2.75, 3.05) is 21.2 Å². The Morgan fingerprint density at radius 2 is 1.82 bits per heavy atom. The molecule has 3 amide bonds. The molecule has 1 aromatic carbocycles. The van der Waals surface area contributed by atoms with Gasteiger partial charge in [-0.2, -0.15) is 0 Å². The summed E-state index contributed by atoms with van der Waals surface area (Å²) in [5.41, 5.74) is 1.43. The molecule has 0 fully saturated rings. The van der Waals surface area contributed by atoms with Gasteiger partial charge < -0.3 is 19.4 Å². The van der Waals surface area contributed by atoms with Crippen molar-refractivity contribution in [3.63, 3.8) is 0 Å². The Kier molecular flexibility index (Phi) is 6.55. The lowest BCUT2D eigenvalue weighted by molar-refractivity contribution is -0.148. The van der Waals surface area contributed by atoms with Crippen LogP contribution < -0.4 is 10.8 Å². The molecule has 1 atom stereocenters. The minimum absolute atomic E-state index is 0.271. The van der Waals surface area contributed by atoms with Gasteiger partial charge in [0.2, 0.25) is 0 Å². The zero-order chi connectivity index (χ0) is 20.9. The molecule has 150 valence electrons. The number of nitrogens with zero attached hydrogens (tertiary/aromatic N) is 1. The number of carbonyl (C=O) groups is 3. The van der Waals surface area contributed by atoms with Crippen molar-refractivity contribution in [2.45, 2.75) is 19.1 Å². The molecule has 0 saturated heterocycles. The second kappa shape index (κ2) is 8.68. The zero-order valence-corrected chi connectivity index (χ0v) is 16.1. The van der Waals surface area contributed by atoms with E-state index in [1.54, 1.807) is 37.6 Å². The molecule has 0 bridgehead atoms. The van der Waals surface area contributed by atoms with Gasteiger partial charge in [0.25, 0.3) is 17.7 Å². The number of ether oxygens (including phenoxy) is 1. The van der Waals surface area contributed by atoms with E-state index < -0.39 is 23.3 Å². The number of rotatable bonds is 7. The third-order valence-corrected chi connectivity index (χ3v) is 4.59. The van der Waals surface area contributed by atoms with Crippen molar-refractivity contribution in [1.82, 2.24) is 15.7 Å². The Labute approximate surface area is 162 Å². The molecule has 0 spiro atoms. The summed E-state index contributed by atoms with van der Waals surface area (Å²) in [5.74, 6) is -1.65. The summed E-state index contributed by atoms with van der Waals surface area (Å²) in [6.45, 7) is 1.60. The second-order valence-corrected chi connectivity index (χ2v) is 6.27. The molecule has 0 radical (unpaired) electrons. The lowest BCUT2D eigenvalue weighted by Gasteiger charge is -2.34. The average Bonchev–Trinajstić information content (AvgIpc) is 3.19. The molecule has 28 heavy (non-hydrogen) atoms. The van der Waals surface area contributed by atoms with Crippen LogP contribution in [0.4, 0.5) is 0 Å². The number of furan rings is 1. The molecule has 9 nitrogen and oxygen atoms in total. The molecule has 9 heteroatoms. The van der Waals surface area contributed by atoms with Crippen LogP contribution >= 0.6 is 0 Å². The summed E-state index contributed by atoms with van der Waals surface area (Å²) in [4.78, 5) is 38.1. The first kappa shape index (κ1) is 21.1. The Morgan fingerprint density at radius 3 is 2.36 bits per heavy atom. The van der Waals surface area contributed by atoms with Crippen molar-refractivity contribution < 1.29 is 28.7 Å². The highest BCUT2D eigenvalue weighted by Gasteiger charge is 2.47. The fourth-order valence-electron chi connectivity index (χ4n) is 2.71. The number of hydrogen-bond donors (Lipinski definition) is 3. The minimum atomic E-state index is -1.93. The number of likely N-dealkylation sites (N-methyl/N-ethyl adjacent to an activating group) is 2. The fraction of sp³-hybridized carbons (Fsp3) is 0.316. The average molecular weight is 389 g/mol. The molecular formula is C19H23N3O6. The van der Waals surface area contributed by atoms with Crippen LogP contribution in [0.15, 0.2) is 41.0 Å². The van der Waals surface area contributed by atoms with Crippen LogP contribution in [0.25, 0.3) is 11.1 Å². The van der Waals surface area contributed by atoms with E-state index >= 15 is 0 Å². The highest BCUT2D eigenvalue weighted by molar-refractivity contribution is 6.12. The van der Waals surface area contributed by atoms with Gasteiger partial charge in [0, 0.05) is 32.3 Å². The first-order chi connectivity index (χ1) is 13.3. The maximum Gasteiger partial charge on any atom is 0.278 e. The molecule has 0 aliphatic heterocycles. The van der Waals surface area contributed by atoms with Crippen molar-refractivity contribution in [1.29, 1.82) is 0 Å². The van der Waals surface area contributed by atoms with Crippen LogP contribution in [0.5, 0.6) is 0 Å². The summed E-state index contributed by atoms with van der Waals surface area (Å²) in [6, 6.07) is 8.45. The van der Waals surface area contributed by atoms with Crippen molar-refractivity contribution in [2.24, 2.45) is 0 Å². The van der Waals surface area contributed by atoms with E-state index in [4.69, 9.17) is 14.4 Å². The predicted octanol–water partition coefficient (Wildman–Crippen LogP) is 1.18. The van der Waals surface area contributed by atoms with Crippen LogP contribution in [0.2, 0.25) is 0 Å². The van der Waals surface area contributed by atoms with Crippen LogP contribution in [-0.4, -0.2) is 54.6 Å². The van der Waals surface area contributed by atoms with Gasteiger partial charge >= 0.3 is 0 Å². The van der Waals surface area contributed by atoms with E-state index in [0.29, 0.717) is 12.4 Å². The highest BCUT2D eigenvalue weighted by atomic mass is 16.5. The smallest absolute Gasteiger partial charge is 0.278 e. The molecular weight excluding hydrogens is 366 g/mol. The van der Waals surface area contributed by atoms with Crippen molar-refractivity contribution >= 4 is 17.7 Å². The number of nitrogens with one attached hydrogen (secondary N) is 2. The molecule has 0 aliphatic rings. The first-order valence-electron chi connectivity index (χ1n) is 8.41. The van der Waals surface area contributed by atoms with Crippen LogP contribution in [-0.2, 0) is 20.9 Å². The fourth-order valence-corrected chi connectivity index (χ4v) is 2.71. The van der Waals surface area contributed by atoms with Gasteiger partial charge in [-0.15, -0.1) is 0 Å². The Bertz CT molecular complexity index is 843. The summed E-state index contributed by atoms with van der Waals surface area (Å²) in [6.07, 6.45) is 1.59. The van der Waals surface area contributed by atoms with Gasteiger partial charge in [-0.05, 0) is 30.7 Å². The summed E-state index contributed by atoms with van der Waals surface area (Å²) in [7, 11) is 4.22. The quantitative estimate of drug-likeness (QED) is 0.371. The third-order valence-electron chi connectivity index (χ3n) is 4.59. The lowest BCUT2D eigenvalue weighted by atomic mass is 9.96. The van der Waals surface area contributed by atoms with Gasteiger partial charge in [0.05, 0.1) is 6.26 Å². The van der Waals surface area contributed by atoms with E-state index in [0.717, 1.165) is 16.0 Å². The summed E-state index contributed by atoms with van der Waals surface area (Å²) in [5, 5.41) is 11.3. The largest absolute Gasteiger partial charge is 0.466 e. The standard InChI is InChI=1S/C19H23N3O6/c1-19(17(24)20-2,18(25)21-26)22(3)16(23)13-7-5-12(6-8-13)14-9-15(11-27-4)28-10-14/h5-10,26H,11H2,1-4H3,(H,20,24)(H,21,25)/t19-/m0/s1. The number of methoxy groups -OCH3 is 1. The van der Waals surface area contributed by atoms with E-state index in [-0.39, 0.29) is 5.56 Å². The minimum Gasteiger partial charge on any atom is -0.466 e. The maximum absolute atomic E-state index is 12.8. The van der Waals surface area contributed by atoms with E-state index in [9.17, 15) is 14.4 Å². The Hall–Kier alpha value is -3.17. The molecule has 0 saturated carbocycles. The molecule has 1 aromatic heterocycles. The van der Waals surface area contributed by atoms with Crippen LogP contribution in [0.1, 0.15) is 23.0 Å². The molecule has 1 heterocycles. The van der Waals surface area contributed by atoms with E-state index in [2.05, 4.69) is 5.32 Å². The molecule has 0 aliphatic carbocycles. The topological polar surface area (TPSA) is 121 Å². The third kappa shape index (κ3) is 3.90. The lowest BCUT2D eigenvalue weighted by Crippen LogP contribution is -2.64. The second-order valence-electron chi connectivity index (χ2n) is 6.27. The van der Waals surface area contributed by atoms with Crippen LogP contribution in [0.3, 0.4) is 0 Å². The van der Waals surface area contributed by atoms with Gasteiger partial charge in [0.1, 0.15) is 12.4 Å². The monoisotopic (exact) mass is 389 g/mol. The van der Waals surface area contributed by atoms with Gasteiger partial charge in [-0.25, -0.2) is 5.48 Å². The highest BCUT2D eigenvalue weighted by Crippen LogP contribution is 2.24. The predicted molar refractivity (Wildman–Crippen MR) is 99.4 cm³/mol. The van der Waals surface area contributed by atoms with Gasteiger partial charge in [-0.1, -0.05) is 12.1 Å². The molecule has 3 N–H and O–H groups in total. The first-order valence-corrected chi connectivity index (χ1v) is 8.41. The Morgan fingerprint density at radius 1 is 1.18 bits per heavy atom. The number of benzene rings is 1. The van der Waals surface area contributed by atoms with Gasteiger partial charge in [-0.3, -0.25) is 19.6 Å². The van der Waals surface area contributed by atoms with Gasteiger partial charge in [0.15, 0.2) is 5.54 Å². The zero-order valence-electron chi connectivity index (χ0n) is 16.1. The molecule has 0 unspecified atom stereocenters. The molecule has 2 rings (SSSR count). The number of carbonyl (C=O) groups excluding carboxylic acids is 3. The molecule has 2 aromatic rings. The summed E-state index contributed by atoms with van der Waals surface area (Å²) < 4.78 is 10.4. The van der Waals surface area contributed by atoms with Crippen molar-refractivity contribution in [3.05, 3.63) is 47.9 Å². The summed E-state index contributed by atoms with van der Waals surface area (Å²) >= 11 is 0. The normalized spacial score (nSPS) is 12.8. The van der Waals surface area contributed by atoms with E-state index in [1.807, 2.05) is 6.07 Å². The van der Waals surface area contributed by atoms with E-state index in [1.165, 1.54) is 26.5 Å². The number of amides is 3.